The fourth-order valence-corrected chi connectivity index (χ4v) is 1.73. The van der Waals surface area contributed by atoms with E-state index in [1.807, 2.05) is 0 Å². The van der Waals surface area contributed by atoms with Gasteiger partial charge < -0.3 is 13.9 Å². The molecule has 0 spiro atoms. The van der Waals surface area contributed by atoms with Crippen LogP contribution in [0, 0.1) is 10.1 Å². The third-order valence-electron chi connectivity index (χ3n) is 2.92. The number of carbonyl (C=O) groups excluding carboxylic acids is 2. The van der Waals surface area contributed by atoms with Gasteiger partial charge in [0.15, 0.2) is 0 Å². The lowest BCUT2D eigenvalue weighted by molar-refractivity contribution is -0.384. The highest BCUT2D eigenvalue weighted by Crippen LogP contribution is 2.13. The second-order valence-electron chi connectivity index (χ2n) is 4.55. The first-order valence-electron chi connectivity index (χ1n) is 6.76. The van der Waals surface area contributed by atoms with Crippen molar-refractivity contribution in [2.45, 2.75) is 6.61 Å². The molecule has 8 heteroatoms. The van der Waals surface area contributed by atoms with Crippen LogP contribution in [0.2, 0.25) is 0 Å². The Bertz CT molecular complexity index is 774. The molecule has 8 nitrogen and oxygen atoms in total. The largest absolute Gasteiger partial charge is 0.463 e. The third-order valence-corrected chi connectivity index (χ3v) is 2.92. The van der Waals surface area contributed by atoms with Crippen LogP contribution in [-0.2, 0) is 20.9 Å². The van der Waals surface area contributed by atoms with Crippen LogP contribution in [0.4, 0.5) is 5.69 Å². The van der Waals surface area contributed by atoms with E-state index in [1.54, 1.807) is 0 Å². The zero-order valence-electron chi connectivity index (χ0n) is 12.6. The Morgan fingerprint density at radius 2 is 1.92 bits per heavy atom. The SMILES string of the molecule is COC(=O)c1ccc(COC(=O)/C=C/c2ccc([N+](=O)[O-])cc2)o1. The number of hydrogen-bond acceptors (Lipinski definition) is 7. The van der Waals surface area contributed by atoms with Crippen molar-refractivity contribution < 1.29 is 28.4 Å². The number of furan rings is 1. The molecule has 0 fully saturated rings. The molecule has 0 saturated carbocycles. The van der Waals surface area contributed by atoms with Gasteiger partial charge in [0, 0.05) is 18.2 Å². The van der Waals surface area contributed by atoms with Gasteiger partial charge >= 0.3 is 11.9 Å². The van der Waals surface area contributed by atoms with Gasteiger partial charge in [-0.3, -0.25) is 10.1 Å². The summed E-state index contributed by atoms with van der Waals surface area (Å²) in [6.45, 7) is -0.138. The number of ether oxygens (including phenoxy) is 2. The highest BCUT2D eigenvalue weighted by molar-refractivity contribution is 5.87. The fourth-order valence-electron chi connectivity index (χ4n) is 1.73. The highest BCUT2D eigenvalue weighted by Gasteiger charge is 2.11. The molecule has 1 aromatic heterocycles. The maximum absolute atomic E-state index is 11.6. The molecule has 0 aliphatic heterocycles. The van der Waals surface area contributed by atoms with Gasteiger partial charge in [-0.15, -0.1) is 0 Å². The van der Waals surface area contributed by atoms with Crippen LogP contribution in [0.15, 0.2) is 46.9 Å². The number of benzene rings is 1. The maximum atomic E-state index is 11.6. The summed E-state index contributed by atoms with van der Waals surface area (Å²) in [5.74, 6) is -0.924. The lowest BCUT2D eigenvalue weighted by Gasteiger charge is -1.99. The number of rotatable bonds is 6. The smallest absolute Gasteiger partial charge is 0.373 e. The minimum absolute atomic E-state index is 0.0185. The van der Waals surface area contributed by atoms with Crippen molar-refractivity contribution in [1.82, 2.24) is 0 Å². The van der Waals surface area contributed by atoms with Gasteiger partial charge in [0.05, 0.1) is 12.0 Å². The third kappa shape index (κ3) is 4.54. The Balaban J connectivity index is 1.87. The molecule has 0 aliphatic rings. The molecule has 0 N–H and O–H groups in total. The van der Waals surface area contributed by atoms with E-state index in [-0.39, 0.29) is 18.1 Å². The molecule has 124 valence electrons. The van der Waals surface area contributed by atoms with Gasteiger partial charge in [0.25, 0.3) is 5.69 Å². The first kappa shape index (κ1) is 16.9. The highest BCUT2D eigenvalue weighted by atomic mass is 16.6. The fraction of sp³-hybridized carbons (Fsp3) is 0.125. The molecule has 1 aromatic carbocycles. The summed E-state index contributed by atoms with van der Waals surface area (Å²) in [6, 6.07) is 8.61. The topological polar surface area (TPSA) is 109 Å². The van der Waals surface area contributed by atoms with Crippen LogP contribution in [0.1, 0.15) is 21.9 Å². The van der Waals surface area contributed by atoms with Crippen molar-refractivity contribution >= 4 is 23.7 Å². The predicted octanol–water partition coefficient (Wildman–Crippen LogP) is 2.73. The summed E-state index contributed by atoms with van der Waals surface area (Å²) in [5.41, 5.74) is 0.581. The van der Waals surface area contributed by atoms with Gasteiger partial charge in [0.1, 0.15) is 12.4 Å². The lowest BCUT2D eigenvalue weighted by atomic mass is 10.2. The van der Waals surface area contributed by atoms with Crippen LogP contribution >= 0.6 is 0 Å². The van der Waals surface area contributed by atoms with Crippen molar-refractivity contribution in [3.63, 3.8) is 0 Å². The summed E-state index contributed by atoms with van der Waals surface area (Å²) in [6.07, 6.45) is 2.65. The standard InChI is InChI=1S/C16H13NO7/c1-22-16(19)14-8-7-13(24-14)10-23-15(18)9-4-11-2-5-12(6-3-11)17(20)21/h2-9H,10H2,1H3/b9-4+. The summed E-state index contributed by atoms with van der Waals surface area (Å²) in [5, 5.41) is 10.5. The molecule has 2 aromatic rings. The van der Waals surface area contributed by atoms with Crippen LogP contribution in [0.5, 0.6) is 0 Å². The van der Waals surface area contributed by atoms with Crippen molar-refractivity contribution in [3.8, 4) is 0 Å². The average molecular weight is 331 g/mol. The summed E-state index contributed by atoms with van der Waals surface area (Å²) in [4.78, 5) is 32.9. The monoisotopic (exact) mass is 331 g/mol. The summed E-state index contributed by atoms with van der Waals surface area (Å²) in [7, 11) is 1.23. The van der Waals surface area contributed by atoms with Crippen LogP contribution < -0.4 is 0 Å². The minimum atomic E-state index is -0.621. The normalized spacial score (nSPS) is 10.5. The molecular weight excluding hydrogens is 318 g/mol. The van der Waals surface area contributed by atoms with Crippen molar-refractivity contribution in [2.24, 2.45) is 0 Å². The lowest BCUT2D eigenvalue weighted by Crippen LogP contribution is -2.01. The van der Waals surface area contributed by atoms with Gasteiger partial charge in [-0.25, -0.2) is 9.59 Å². The average Bonchev–Trinajstić information content (AvgIpc) is 3.06. The van der Waals surface area contributed by atoms with E-state index in [1.165, 1.54) is 55.7 Å². The zero-order valence-corrected chi connectivity index (χ0v) is 12.6. The number of methoxy groups -OCH3 is 1. The van der Waals surface area contributed by atoms with Crippen LogP contribution in [0.25, 0.3) is 6.08 Å². The Morgan fingerprint density at radius 1 is 1.21 bits per heavy atom. The van der Waals surface area contributed by atoms with Crippen molar-refractivity contribution in [2.75, 3.05) is 7.11 Å². The molecule has 0 bridgehead atoms. The molecule has 0 saturated heterocycles. The predicted molar refractivity (Wildman–Crippen MR) is 82.0 cm³/mol. The van der Waals surface area contributed by atoms with E-state index in [0.29, 0.717) is 11.3 Å². The Hall–Kier alpha value is -3.42. The molecule has 2 rings (SSSR count). The first-order valence-corrected chi connectivity index (χ1v) is 6.76. The van der Waals surface area contributed by atoms with E-state index in [9.17, 15) is 19.7 Å². The zero-order chi connectivity index (χ0) is 17.5. The van der Waals surface area contributed by atoms with Gasteiger partial charge in [-0.05, 0) is 35.9 Å². The number of carbonyl (C=O) groups is 2. The maximum Gasteiger partial charge on any atom is 0.373 e. The number of hydrogen-bond donors (Lipinski definition) is 0. The minimum Gasteiger partial charge on any atom is -0.463 e. The molecule has 0 aliphatic carbocycles. The molecule has 0 unspecified atom stereocenters. The number of esters is 2. The summed E-state index contributed by atoms with van der Waals surface area (Å²) >= 11 is 0. The van der Waals surface area contributed by atoms with E-state index < -0.39 is 16.9 Å². The van der Waals surface area contributed by atoms with E-state index in [4.69, 9.17) is 9.15 Å². The molecular formula is C16H13NO7. The number of nitro groups is 1. The molecule has 0 radical (unpaired) electrons. The Kier molecular flexibility index (Phi) is 5.45. The second kappa shape index (κ2) is 7.73. The number of non-ortho nitro benzene ring substituents is 1. The molecule has 0 atom stereocenters. The van der Waals surface area contributed by atoms with E-state index in [0.717, 1.165) is 0 Å². The molecule has 24 heavy (non-hydrogen) atoms. The Morgan fingerprint density at radius 3 is 2.54 bits per heavy atom. The second-order valence-corrected chi connectivity index (χ2v) is 4.55. The molecule has 0 amide bonds. The summed E-state index contributed by atoms with van der Waals surface area (Å²) < 4.78 is 14.6. The Labute approximate surface area is 136 Å². The van der Waals surface area contributed by atoms with E-state index in [2.05, 4.69) is 4.74 Å². The van der Waals surface area contributed by atoms with E-state index >= 15 is 0 Å². The van der Waals surface area contributed by atoms with Gasteiger partial charge in [-0.1, -0.05) is 0 Å². The van der Waals surface area contributed by atoms with Crippen molar-refractivity contribution in [3.05, 3.63) is 69.7 Å². The number of nitro benzene ring substituents is 1. The van der Waals surface area contributed by atoms with Gasteiger partial charge in [-0.2, -0.15) is 0 Å². The van der Waals surface area contributed by atoms with Gasteiger partial charge in [0.2, 0.25) is 5.76 Å². The number of nitrogens with zero attached hydrogens (tertiary/aromatic N) is 1. The van der Waals surface area contributed by atoms with Crippen LogP contribution in [-0.4, -0.2) is 24.0 Å². The molecule has 1 heterocycles. The van der Waals surface area contributed by atoms with Crippen LogP contribution in [0.3, 0.4) is 0 Å². The van der Waals surface area contributed by atoms with Crippen molar-refractivity contribution in [1.29, 1.82) is 0 Å². The first-order chi connectivity index (χ1) is 11.5. The quantitative estimate of drug-likeness (QED) is 0.346.